The van der Waals surface area contributed by atoms with E-state index in [9.17, 15) is 0 Å². The van der Waals surface area contributed by atoms with Gasteiger partial charge < -0.3 is 10.5 Å². The average Bonchev–Trinajstić information content (AvgIpc) is 2.24. The lowest BCUT2D eigenvalue weighted by Crippen LogP contribution is -2.41. The van der Waals surface area contributed by atoms with E-state index in [-0.39, 0.29) is 0 Å². The first kappa shape index (κ1) is 14.3. The number of nitrogens with two attached hydrogens (primary N) is 1. The van der Waals surface area contributed by atoms with Crippen LogP contribution in [0.1, 0.15) is 59.3 Å². The summed E-state index contributed by atoms with van der Waals surface area (Å²) in [6, 6.07) is 0.433. The van der Waals surface area contributed by atoms with Crippen LogP contribution in [0.5, 0.6) is 0 Å². The normalized spacial score (nSPS) is 42.3. The molecule has 2 rings (SSSR count). The lowest BCUT2D eigenvalue weighted by Gasteiger charge is -2.40. The van der Waals surface area contributed by atoms with Gasteiger partial charge in [0.15, 0.2) is 0 Å². The van der Waals surface area contributed by atoms with Crippen LogP contribution < -0.4 is 5.73 Å². The Morgan fingerprint density at radius 3 is 2.22 bits per heavy atom. The van der Waals surface area contributed by atoms with Crippen LogP contribution in [0.3, 0.4) is 0 Å². The molecule has 0 bridgehead atoms. The molecule has 2 nitrogen and oxygen atoms in total. The van der Waals surface area contributed by atoms with E-state index < -0.39 is 0 Å². The highest BCUT2D eigenvalue weighted by Gasteiger charge is 2.34. The lowest BCUT2D eigenvalue weighted by atomic mass is 9.70. The first-order chi connectivity index (χ1) is 8.58. The van der Waals surface area contributed by atoms with Crippen LogP contribution in [0.25, 0.3) is 0 Å². The average molecular weight is 253 g/mol. The van der Waals surface area contributed by atoms with Crippen molar-refractivity contribution in [3.05, 3.63) is 0 Å². The predicted octanol–water partition coefficient (Wildman–Crippen LogP) is 3.59. The quantitative estimate of drug-likeness (QED) is 0.812. The summed E-state index contributed by atoms with van der Waals surface area (Å²) in [7, 11) is 0. The molecule has 0 spiro atoms. The summed E-state index contributed by atoms with van der Waals surface area (Å²) < 4.78 is 5.63. The second-order valence-electron chi connectivity index (χ2n) is 6.99. The fraction of sp³-hybridized carbons (Fsp3) is 1.00. The fourth-order valence-corrected chi connectivity index (χ4v) is 4.17. The molecular weight excluding hydrogens is 222 g/mol. The molecule has 0 aromatic carbocycles. The van der Waals surface area contributed by atoms with Crippen molar-refractivity contribution in [3.8, 4) is 0 Å². The zero-order chi connectivity index (χ0) is 13.1. The zero-order valence-corrected chi connectivity index (χ0v) is 12.4. The fourth-order valence-electron chi connectivity index (χ4n) is 4.17. The van der Waals surface area contributed by atoms with Gasteiger partial charge in [0.25, 0.3) is 0 Å². The maximum Gasteiger partial charge on any atom is 0.0580 e. The molecule has 3 unspecified atom stereocenters. The monoisotopic (exact) mass is 253 g/mol. The molecule has 2 saturated carbocycles. The molecule has 0 heterocycles. The van der Waals surface area contributed by atoms with Gasteiger partial charge in [-0.15, -0.1) is 0 Å². The topological polar surface area (TPSA) is 35.2 Å². The molecule has 3 atom stereocenters. The van der Waals surface area contributed by atoms with Crippen LogP contribution >= 0.6 is 0 Å². The summed E-state index contributed by atoms with van der Waals surface area (Å²) >= 11 is 0. The van der Waals surface area contributed by atoms with Gasteiger partial charge in [-0.25, -0.2) is 0 Å². The van der Waals surface area contributed by atoms with Gasteiger partial charge in [-0.05, 0) is 69.1 Å². The minimum absolute atomic E-state index is 0.433. The molecule has 2 aliphatic carbocycles. The zero-order valence-electron chi connectivity index (χ0n) is 12.4. The third-order valence-corrected chi connectivity index (χ3v) is 5.02. The number of hydrogen-bond acceptors (Lipinski definition) is 2. The second-order valence-corrected chi connectivity index (χ2v) is 6.99. The van der Waals surface area contributed by atoms with Gasteiger partial charge in [0.05, 0.1) is 6.10 Å². The molecule has 2 aliphatic rings. The van der Waals surface area contributed by atoms with E-state index in [1.807, 2.05) is 0 Å². The summed E-state index contributed by atoms with van der Waals surface area (Å²) in [6.45, 7) is 7.73. The van der Waals surface area contributed by atoms with Crippen molar-refractivity contribution in [2.75, 3.05) is 6.61 Å². The Labute approximate surface area is 113 Å². The van der Waals surface area contributed by atoms with E-state index in [1.54, 1.807) is 0 Å². The molecule has 0 saturated heterocycles. The van der Waals surface area contributed by atoms with Crippen molar-refractivity contribution in [1.82, 2.24) is 0 Å². The molecule has 0 amide bonds. The second kappa shape index (κ2) is 6.38. The van der Waals surface area contributed by atoms with E-state index >= 15 is 0 Å². The van der Waals surface area contributed by atoms with Crippen LogP contribution in [-0.4, -0.2) is 18.8 Å². The largest absolute Gasteiger partial charge is 0.378 e. The van der Waals surface area contributed by atoms with Crippen LogP contribution in [0.4, 0.5) is 0 Å². The smallest absolute Gasteiger partial charge is 0.0580 e. The maximum absolute atomic E-state index is 6.46. The summed E-state index contributed by atoms with van der Waals surface area (Å²) in [6.07, 6.45) is 8.38. The van der Waals surface area contributed by atoms with E-state index in [1.165, 1.54) is 38.5 Å². The van der Waals surface area contributed by atoms with Gasteiger partial charge in [0, 0.05) is 12.6 Å². The number of ether oxygens (including phenoxy) is 1. The third-order valence-electron chi connectivity index (χ3n) is 5.02. The minimum atomic E-state index is 0.433. The van der Waals surface area contributed by atoms with E-state index in [2.05, 4.69) is 20.8 Å². The Morgan fingerprint density at radius 2 is 1.67 bits per heavy atom. The highest BCUT2D eigenvalue weighted by molar-refractivity contribution is 4.88. The molecule has 18 heavy (non-hydrogen) atoms. The maximum atomic E-state index is 6.46. The van der Waals surface area contributed by atoms with Gasteiger partial charge in [0.1, 0.15) is 0 Å². The molecule has 106 valence electrons. The molecule has 2 fully saturated rings. The van der Waals surface area contributed by atoms with Crippen LogP contribution in [0.2, 0.25) is 0 Å². The Kier molecular flexibility index (Phi) is 5.08. The summed E-state index contributed by atoms with van der Waals surface area (Å²) in [5.41, 5.74) is 6.46. The highest BCUT2D eigenvalue weighted by Crippen LogP contribution is 2.39. The lowest BCUT2D eigenvalue weighted by molar-refractivity contribution is -0.0306. The predicted molar refractivity (Wildman–Crippen MR) is 76.4 cm³/mol. The van der Waals surface area contributed by atoms with Gasteiger partial charge in [-0.1, -0.05) is 13.8 Å². The number of hydrogen-bond donors (Lipinski definition) is 1. The van der Waals surface area contributed by atoms with Crippen molar-refractivity contribution in [1.29, 1.82) is 0 Å². The van der Waals surface area contributed by atoms with Gasteiger partial charge in [0.2, 0.25) is 0 Å². The van der Waals surface area contributed by atoms with Gasteiger partial charge in [-0.3, -0.25) is 0 Å². The van der Waals surface area contributed by atoms with E-state index in [0.717, 1.165) is 30.3 Å². The Hall–Kier alpha value is -0.0800. The molecule has 0 aliphatic heterocycles. The van der Waals surface area contributed by atoms with E-state index in [4.69, 9.17) is 10.5 Å². The first-order valence-electron chi connectivity index (χ1n) is 7.95. The Bertz CT molecular complexity index is 239. The van der Waals surface area contributed by atoms with Crippen molar-refractivity contribution < 1.29 is 4.74 Å². The molecule has 2 heteroatoms. The highest BCUT2D eigenvalue weighted by atomic mass is 16.5. The Balaban J connectivity index is 1.70. The molecule has 0 radical (unpaired) electrons. The van der Waals surface area contributed by atoms with Crippen molar-refractivity contribution in [2.24, 2.45) is 29.4 Å². The standard InChI is InChI=1S/C16H31NO/c1-4-18-15-8-13(9-15)10-16(17)14-6-11(2)5-12(3)7-14/h11-16H,4-10,17H2,1-3H3. The van der Waals surface area contributed by atoms with Crippen molar-refractivity contribution >= 4 is 0 Å². The number of rotatable bonds is 5. The SMILES string of the molecule is CCOC1CC(CC(N)C2CC(C)CC(C)C2)C1. The van der Waals surface area contributed by atoms with Gasteiger partial charge >= 0.3 is 0 Å². The molecular formula is C16H31NO. The summed E-state index contributed by atoms with van der Waals surface area (Å²) in [5.74, 6) is 3.36. The van der Waals surface area contributed by atoms with Crippen LogP contribution in [0, 0.1) is 23.7 Å². The summed E-state index contributed by atoms with van der Waals surface area (Å²) in [4.78, 5) is 0. The van der Waals surface area contributed by atoms with Crippen molar-refractivity contribution in [3.63, 3.8) is 0 Å². The van der Waals surface area contributed by atoms with Crippen molar-refractivity contribution in [2.45, 2.75) is 71.4 Å². The third kappa shape index (κ3) is 3.71. The van der Waals surface area contributed by atoms with Gasteiger partial charge in [-0.2, -0.15) is 0 Å². The van der Waals surface area contributed by atoms with Crippen LogP contribution in [0.15, 0.2) is 0 Å². The first-order valence-corrected chi connectivity index (χ1v) is 7.95. The Morgan fingerprint density at radius 1 is 1.06 bits per heavy atom. The molecule has 0 aromatic rings. The van der Waals surface area contributed by atoms with E-state index in [0.29, 0.717) is 12.1 Å². The summed E-state index contributed by atoms with van der Waals surface area (Å²) in [5, 5.41) is 0. The molecule has 0 aromatic heterocycles. The minimum Gasteiger partial charge on any atom is -0.378 e. The molecule has 2 N–H and O–H groups in total. The van der Waals surface area contributed by atoms with Crippen LogP contribution in [-0.2, 0) is 4.74 Å².